The molecule has 0 spiro atoms. The van der Waals surface area contributed by atoms with Crippen molar-refractivity contribution >= 4 is 23.2 Å². The van der Waals surface area contributed by atoms with Crippen LogP contribution in [0.2, 0.25) is 5.02 Å². The number of ether oxygens (including phenoxy) is 3. The molecule has 0 aliphatic heterocycles. The summed E-state index contributed by atoms with van der Waals surface area (Å²) >= 11 is 6.02. The summed E-state index contributed by atoms with van der Waals surface area (Å²) in [4.78, 5) is 14.6. The second-order valence-corrected chi connectivity index (χ2v) is 6.55. The number of carbonyl (C=O) groups excluding carboxylic acids is 1. The van der Waals surface area contributed by atoms with Gasteiger partial charge < -0.3 is 19.5 Å². The lowest BCUT2D eigenvalue weighted by Crippen LogP contribution is -2.39. The molecule has 0 fully saturated rings. The Morgan fingerprint density at radius 2 is 1.67 bits per heavy atom. The first-order valence-electron chi connectivity index (χ1n) is 8.45. The highest BCUT2D eigenvalue weighted by molar-refractivity contribution is 6.31. The van der Waals surface area contributed by atoms with Gasteiger partial charge in [-0.05, 0) is 49.9 Å². The molecule has 0 saturated heterocycles. The lowest BCUT2D eigenvalue weighted by Gasteiger charge is -2.24. The number of carbonyl (C=O) groups is 1. The Balaban J connectivity index is 2.07. The minimum Gasteiger partial charge on any atom is -0.495 e. The molecule has 2 rings (SSSR count). The average Bonchev–Trinajstić information content (AvgIpc) is 2.67. The number of halogens is 1. The van der Waals surface area contributed by atoms with Gasteiger partial charge in [0, 0.05) is 11.6 Å². The lowest BCUT2D eigenvalue weighted by atomic mass is 10.1. The largest absolute Gasteiger partial charge is 0.495 e. The molecule has 7 heteroatoms. The number of likely N-dealkylation sites (N-methyl/N-ethyl adjacent to an activating group) is 1. The van der Waals surface area contributed by atoms with E-state index in [1.807, 2.05) is 37.1 Å². The summed E-state index contributed by atoms with van der Waals surface area (Å²) in [6.45, 7) is 2.41. The fourth-order valence-electron chi connectivity index (χ4n) is 2.62. The molecule has 146 valence electrons. The number of hydrogen-bond donors (Lipinski definition) is 1. The minimum absolute atomic E-state index is 0.154. The first kappa shape index (κ1) is 20.9. The van der Waals surface area contributed by atoms with Gasteiger partial charge >= 0.3 is 0 Å². The zero-order valence-corrected chi connectivity index (χ0v) is 17.0. The van der Waals surface area contributed by atoms with Crippen LogP contribution in [0.5, 0.6) is 17.2 Å². The molecule has 2 aromatic rings. The van der Waals surface area contributed by atoms with Crippen LogP contribution in [0.15, 0.2) is 36.4 Å². The van der Waals surface area contributed by atoms with Crippen molar-refractivity contribution in [1.29, 1.82) is 0 Å². The van der Waals surface area contributed by atoms with Crippen molar-refractivity contribution in [3.63, 3.8) is 0 Å². The van der Waals surface area contributed by atoms with E-state index in [2.05, 4.69) is 5.32 Å². The van der Waals surface area contributed by atoms with Crippen LogP contribution in [-0.2, 0) is 11.3 Å². The topological polar surface area (TPSA) is 60.0 Å². The van der Waals surface area contributed by atoms with E-state index < -0.39 is 0 Å². The molecule has 27 heavy (non-hydrogen) atoms. The normalized spacial score (nSPS) is 11.8. The molecule has 0 radical (unpaired) electrons. The van der Waals surface area contributed by atoms with Crippen molar-refractivity contribution in [3.05, 3.63) is 47.0 Å². The highest BCUT2D eigenvalue weighted by atomic mass is 35.5. The Bertz CT molecular complexity index is 798. The maximum absolute atomic E-state index is 12.7. The van der Waals surface area contributed by atoms with E-state index in [0.717, 1.165) is 5.56 Å². The SMILES string of the molecule is COc1ccc(Cl)cc1NC(=O)[C@@H](C)N(C)Cc1ccc(OC)c(OC)c1. The molecular weight excluding hydrogens is 368 g/mol. The highest BCUT2D eigenvalue weighted by Gasteiger charge is 2.20. The quantitative estimate of drug-likeness (QED) is 0.739. The zero-order valence-electron chi connectivity index (χ0n) is 16.2. The monoisotopic (exact) mass is 392 g/mol. The number of anilines is 1. The van der Waals surface area contributed by atoms with Crippen molar-refractivity contribution in [1.82, 2.24) is 4.90 Å². The average molecular weight is 393 g/mol. The van der Waals surface area contributed by atoms with Gasteiger partial charge in [-0.15, -0.1) is 0 Å². The molecule has 0 heterocycles. The summed E-state index contributed by atoms with van der Waals surface area (Å²) in [6.07, 6.45) is 0. The molecule has 0 saturated carbocycles. The number of rotatable bonds is 8. The maximum Gasteiger partial charge on any atom is 0.241 e. The number of benzene rings is 2. The summed E-state index contributed by atoms with van der Waals surface area (Å²) < 4.78 is 15.9. The second kappa shape index (κ2) is 9.48. The Hall–Kier alpha value is -2.44. The molecule has 0 bridgehead atoms. The minimum atomic E-state index is -0.373. The summed E-state index contributed by atoms with van der Waals surface area (Å²) in [5.41, 5.74) is 1.55. The number of hydrogen-bond acceptors (Lipinski definition) is 5. The zero-order chi connectivity index (χ0) is 20.0. The van der Waals surface area contributed by atoms with E-state index in [1.54, 1.807) is 39.5 Å². The van der Waals surface area contributed by atoms with Gasteiger partial charge in [0.1, 0.15) is 5.75 Å². The van der Waals surface area contributed by atoms with Crippen molar-refractivity contribution in [3.8, 4) is 17.2 Å². The third-order valence-electron chi connectivity index (χ3n) is 4.34. The Kier molecular flexibility index (Phi) is 7.33. The van der Waals surface area contributed by atoms with Crippen LogP contribution in [0.25, 0.3) is 0 Å². The van der Waals surface area contributed by atoms with Gasteiger partial charge in [0.25, 0.3) is 0 Å². The molecule has 0 unspecified atom stereocenters. The predicted molar refractivity (Wildman–Crippen MR) is 107 cm³/mol. The second-order valence-electron chi connectivity index (χ2n) is 6.11. The Morgan fingerprint density at radius 3 is 2.30 bits per heavy atom. The molecule has 0 aliphatic carbocycles. The third kappa shape index (κ3) is 5.28. The van der Waals surface area contributed by atoms with Gasteiger partial charge in [0.05, 0.1) is 33.1 Å². The van der Waals surface area contributed by atoms with Crippen LogP contribution < -0.4 is 19.5 Å². The standard InChI is InChI=1S/C20H25ClN2O4/c1-13(20(24)22-16-11-15(21)7-9-17(16)25-3)23(2)12-14-6-8-18(26-4)19(10-14)27-5/h6-11,13H,12H2,1-5H3,(H,22,24)/t13-/m1/s1. The smallest absolute Gasteiger partial charge is 0.241 e. The van der Waals surface area contributed by atoms with Crippen molar-refractivity contribution < 1.29 is 19.0 Å². The van der Waals surface area contributed by atoms with Gasteiger partial charge in [-0.25, -0.2) is 0 Å². The third-order valence-corrected chi connectivity index (χ3v) is 4.58. The van der Waals surface area contributed by atoms with Gasteiger partial charge in [0.2, 0.25) is 5.91 Å². The van der Waals surface area contributed by atoms with E-state index in [4.69, 9.17) is 25.8 Å². The van der Waals surface area contributed by atoms with Gasteiger partial charge in [-0.3, -0.25) is 9.69 Å². The summed E-state index contributed by atoms with van der Waals surface area (Å²) in [7, 11) is 6.63. The number of methoxy groups -OCH3 is 3. The molecule has 1 N–H and O–H groups in total. The highest BCUT2D eigenvalue weighted by Crippen LogP contribution is 2.29. The van der Waals surface area contributed by atoms with E-state index >= 15 is 0 Å². The first-order chi connectivity index (χ1) is 12.9. The Morgan fingerprint density at radius 1 is 1.04 bits per heavy atom. The molecule has 6 nitrogen and oxygen atoms in total. The maximum atomic E-state index is 12.7. The van der Waals surface area contributed by atoms with Crippen LogP contribution in [-0.4, -0.2) is 45.2 Å². The molecule has 2 aromatic carbocycles. The first-order valence-corrected chi connectivity index (χ1v) is 8.83. The van der Waals surface area contributed by atoms with E-state index in [-0.39, 0.29) is 11.9 Å². The fourth-order valence-corrected chi connectivity index (χ4v) is 2.79. The molecular formula is C20H25ClN2O4. The fraction of sp³-hybridized carbons (Fsp3) is 0.350. The Labute approximate surface area is 165 Å². The molecule has 1 amide bonds. The number of nitrogens with zero attached hydrogens (tertiary/aromatic N) is 1. The van der Waals surface area contributed by atoms with Crippen LogP contribution in [0.1, 0.15) is 12.5 Å². The summed E-state index contributed by atoms with van der Waals surface area (Å²) in [5, 5.41) is 3.40. The number of amides is 1. The summed E-state index contributed by atoms with van der Waals surface area (Å²) in [6, 6.07) is 10.4. The van der Waals surface area contributed by atoms with E-state index in [9.17, 15) is 4.79 Å². The van der Waals surface area contributed by atoms with Gasteiger partial charge in [-0.1, -0.05) is 17.7 Å². The van der Waals surface area contributed by atoms with Crippen LogP contribution in [0.3, 0.4) is 0 Å². The van der Waals surface area contributed by atoms with Crippen molar-refractivity contribution in [2.75, 3.05) is 33.7 Å². The van der Waals surface area contributed by atoms with Crippen molar-refractivity contribution in [2.45, 2.75) is 19.5 Å². The molecule has 0 aliphatic rings. The predicted octanol–water partition coefficient (Wildman–Crippen LogP) is 3.82. The van der Waals surface area contributed by atoms with E-state index in [0.29, 0.717) is 34.5 Å². The van der Waals surface area contributed by atoms with Crippen LogP contribution >= 0.6 is 11.6 Å². The number of nitrogens with one attached hydrogen (secondary N) is 1. The van der Waals surface area contributed by atoms with Crippen LogP contribution in [0, 0.1) is 0 Å². The lowest BCUT2D eigenvalue weighted by molar-refractivity contribution is -0.120. The van der Waals surface area contributed by atoms with Gasteiger partial charge in [0.15, 0.2) is 11.5 Å². The van der Waals surface area contributed by atoms with Crippen molar-refractivity contribution in [2.24, 2.45) is 0 Å². The molecule has 1 atom stereocenters. The van der Waals surface area contributed by atoms with Gasteiger partial charge in [-0.2, -0.15) is 0 Å². The molecule has 0 aromatic heterocycles. The summed E-state index contributed by atoms with van der Waals surface area (Å²) in [5.74, 6) is 1.73. The van der Waals surface area contributed by atoms with Crippen LogP contribution in [0.4, 0.5) is 5.69 Å². The van der Waals surface area contributed by atoms with E-state index in [1.165, 1.54) is 0 Å².